The normalized spacial score (nSPS) is 17.6. The fraction of sp³-hybridized carbons (Fsp3) is 0.385. The average molecular weight is 521 g/mol. The maximum Gasteiger partial charge on any atom is 0.490 e. The number of anilines is 2. The van der Waals surface area contributed by atoms with Crippen molar-refractivity contribution in [2.24, 2.45) is 0 Å². The zero-order valence-electron chi connectivity index (χ0n) is 19.7. The quantitative estimate of drug-likeness (QED) is 0.505. The van der Waals surface area contributed by atoms with Gasteiger partial charge in [0.2, 0.25) is 0 Å². The Bertz CT molecular complexity index is 1160. The number of alkyl halides is 3. The number of halogens is 4. The number of hydrogen-bond donors (Lipinski definition) is 1. The van der Waals surface area contributed by atoms with Crippen molar-refractivity contribution in [2.75, 3.05) is 49.1 Å². The number of nitrogens with zero attached hydrogens (tertiary/aromatic N) is 4. The monoisotopic (exact) mass is 520 g/mol. The van der Waals surface area contributed by atoms with Crippen molar-refractivity contribution in [3.63, 3.8) is 0 Å². The Kier molecular flexibility index (Phi) is 8.21. The van der Waals surface area contributed by atoms with Gasteiger partial charge in [0, 0.05) is 73.3 Å². The minimum Gasteiger partial charge on any atom is -0.475 e. The van der Waals surface area contributed by atoms with E-state index in [-0.39, 0.29) is 0 Å². The van der Waals surface area contributed by atoms with Gasteiger partial charge in [0.1, 0.15) is 0 Å². The van der Waals surface area contributed by atoms with Gasteiger partial charge in [-0.15, -0.1) is 0 Å². The summed E-state index contributed by atoms with van der Waals surface area (Å²) in [6.07, 6.45) is -0.670. The summed E-state index contributed by atoms with van der Waals surface area (Å²) in [6.45, 7) is 6.72. The summed E-state index contributed by atoms with van der Waals surface area (Å²) in [6, 6.07) is 19.7. The zero-order chi connectivity index (χ0) is 25.7. The number of piperazine rings is 1. The number of benzene rings is 2. The molecule has 0 radical (unpaired) electrons. The third-order valence-electron chi connectivity index (χ3n) is 6.68. The van der Waals surface area contributed by atoms with E-state index in [4.69, 9.17) is 21.5 Å². The summed E-state index contributed by atoms with van der Waals surface area (Å²) in [7, 11) is 0. The van der Waals surface area contributed by atoms with Crippen molar-refractivity contribution >= 4 is 39.8 Å². The van der Waals surface area contributed by atoms with E-state index in [1.165, 1.54) is 29.6 Å². The summed E-state index contributed by atoms with van der Waals surface area (Å²) < 4.78 is 31.7. The molecule has 5 rings (SSSR count). The Hall–Kier alpha value is -3.04. The number of carbonyl (C=O) groups is 1. The predicted octanol–water partition coefficient (Wildman–Crippen LogP) is 5.31. The number of hydrogen-bond acceptors (Lipinski definition) is 5. The molecule has 2 aromatic carbocycles. The number of rotatable bonds is 3. The lowest BCUT2D eigenvalue weighted by Gasteiger charge is -2.44. The molecule has 10 heteroatoms. The van der Waals surface area contributed by atoms with Crippen LogP contribution >= 0.6 is 11.6 Å². The van der Waals surface area contributed by atoms with Crippen molar-refractivity contribution in [1.29, 1.82) is 0 Å². The number of piperidine rings is 1. The van der Waals surface area contributed by atoms with Gasteiger partial charge in [0.05, 0.1) is 5.52 Å². The Morgan fingerprint density at radius 2 is 1.56 bits per heavy atom. The number of aromatic nitrogens is 1. The van der Waals surface area contributed by atoms with Crippen LogP contribution in [-0.2, 0) is 4.79 Å². The van der Waals surface area contributed by atoms with E-state index in [1.54, 1.807) is 0 Å². The Morgan fingerprint density at radius 1 is 0.917 bits per heavy atom. The topological polar surface area (TPSA) is 59.9 Å². The van der Waals surface area contributed by atoms with E-state index < -0.39 is 12.1 Å². The van der Waals surface area contributed by atoms with Gasteiger partial charge in [0.25, 0.3) is 0 Å². The lowest BCUT2D eigenvalue weighted by Crippen LogP contribution is -2.53. The Labute approximate surface area is 212 Å². The molecule has 0 amide bonds. The molecular formula is C26H28ClF3N4O2. The van der Waals surface area contributed by atoms with Gasteiger partial charge in [-0.25, -0.2) is 4.79 Å². The van der Waals surface area contributed by atoms with E-state index in [0.29, 0.717) is 6.04 Å². The van der Waals surface area contributed by atoms with E-state index in [2.05, 4.69) is 62.1 Å². The van der Waals surface area contributed by atoms with Crippen molar-refractivity contribution in [3.05, 3.63) is 65.8 Å². The number of fused-ring (bicyclic) bond motifs is 1. The van der Waals surface area contributed by atoms with Gasteiger partial charge >= 0.3 is 12.1 Å². The molecule has 0 saturated carbocycles. The van der Waals surface area contributed by atoms with E-state index in [9.17, 15) is 13.2 Å². The maximum atomic E-state index is 10.6. The highest BCUT2D eigenvalue weighted by Crippen LogP contribution is 2.29. The van der Waals surface area contributed by atoms with E-state index >= 15 is 0 Å². The smallest absolute Gasteiger partial charge is 0.475 e. The third-order valence-corrected chi connectivity index (χ3v) is 6.92. The Morgan fingerprint density at radius 3 is 2.17 bits per heavy atom. The average Bonchev–Trinajstić information content (AvgIpc) is 2.89. The largest absolute Gasteiger partial charge is 0.490 e. The van der Waals surface area contributed by atoms with Gasteiger partial charge < -0.3 is 14.9 Å². The van der Waals surface area contributed by atoms with Gasteiger partial charge in [-0.1, -0.05) is 29.8 Å². The van der Waals surface area contributed by atoms with Crippen molar-refractivity contribution in [2.45, 2.75) is 25.1 Å². The molecule has 2 aliphatic rings. The minimum absolute atomic E-state index is 0.713. The first-order valence-electron chi connectivity index (χ1n) is 11.9. The summed E-state index contributed by atoms with van der Waals surface area (Å²) in [4.78, 5) is 21.1. The van der Waals surface area contributed by atoms with Crippen LogP contribution in [0.1, 0.15) is 12.8 Å². The van der Waals surface area contributed by atoms with Crippen LogP contribution in [-0.4, -0.2) is 72.4 Å². The number of carboxylic acids is 1. The van der Waals surface area contributed by atoms with Crippen molar-refractivity contribution in [1.82, 2.24) is 9.88 Å². The standard InChI is InChI=1S/C24H27ClN4.C2HF3O2/c25-19-6-7-22-23(18-19)26-11-8-24(22)29-16-14-28(15-17-29)21-9-12-27(13-10-21)20-4-2-1-3-5-20;3-2(4,5)1(6)7/h1-8,11,18,21H,9-10,12-17H2;(H,6,7). The molecule has 2 aliphatic heterocycles. The van der Waals surface area contributed by atoms with E-state index in [1.807, 2.05) is 18.3 Å². The second-order valence-electron chi connectivity index (χ2n) is 8.87. The van der Waals surface area contributed by atoms with Gasteiger partial charge in [-0.2, -0.15) is 13.2 Å². The minimum atomic E-state index is -5.08. The zero-order valence-corrected chi connectivity index (χ0v) is 20.4. The first-order chi connectivity index (χ1) is 17.2. The molecule has 2 fully saturated rings. The number of carboxylic acid groups (broad SMARTS) is 1. The highest BCUT2D eigenvalue weighted by atomic mass is 35.5. The molecule has 6 nitrogen and oxygen atoms in total. The lowest BCUT2D eigenvalue weighted by molar-refractivity contribution is -0.192. The van der Waals surface area contributed by atoms with Crippen LogP contribution in [0.4, 0.5) is 24.5 Å². The van der Waals surface area contributed by atoms with Crippen LogP contribution in [0.15, 0.2) is 60.8 Å². The van der Waals surface area contributed by atoms with Crippen LogP contribution in [0.5, 0.6) is 0 Å². The molecule has 36 heavy (non-hydrogen) atoms. The van der Waals surface area contributed by atoms with E-state index in [0.717, 1.165) is 49.8 Å². The molecule has 2 saturated heterocycles. The van der Waals surface area contributed by atoms with Crippen LogP contribution in [0.25, 0.3) is 10.9 Å². The molecule has 3 aromatic rings. The molecule has 0 atom stereocenters. The first-order valence-corrected chi connectivity index (χ1v) is 12.2. The summed E-state index contributed by atoms with van der Waals surface area (Å²) in [5.41, 5.74) is 3.62. The molecule has 0 aliphatic carbocycles. The highest BCUT2D eigenvalue weighted by molar-refractivity contribution is 6.31. The fourth-order valence-electron chi connectivity index (χ4n) is 4.84. The number of para-hydroxylation sites is 1. The fourth-order valence-corrected chi connectivity index (χ4v) is 5.00. The number of aliphatic carboxylic acids is 1. The van der Waals surface area contributed by atoms with Crippen LogP contribution in [0.3, 0.4) is 0 Å². The summed E-state index contributed by atoms with van der Waals surface area (Å²) in [5, 5.41) is 9.07. The molecule has 192 valence electrons. The summed E-state index contributed by atoms with van der Waals surface area (Å²) >= 11 is 6.15. The van der Waals surface area contributed by atoms with Crippen molar-refractivity contribution < 1.29 is 23.1 Å². The predicted molar refractivity (Wildman–Crippen MR) is 136 cm³/mol. The van der Waals surface area contributed by atoms with Gasteiger partial charge in [-0.05, 0) is 49.2 Å². The molecule has 1 N–H and O–H groups in total. The molecule has 0 spiro atoms. The summed E-state index contributed by atoms with van der Waals surface area (Å²) in [5.74, 6) is -2.76. The molecule has 1 aromatic heterocycles. The second kappa shape index (κ2) is 11.3. The molecule has 0 bridgehead atoms. The maximum absolute atomic E-state index is 10.6. The third kappa shape index (κ3) is 6.39. The molecule has 0 unspecified atom stereocenters. The van der Waals surface area contributed by atoms with Crippen LogP contribution in [0.2, 0.25) is 5.02 Å². The SMILES string of the molecule is Clc1ccc2c(N3CCN(C4CCN(c5ccccc5)CC4)CC3)ccnc2c1.O=C(O)C(F)(F)F. The van der Waals surface area contributed by atoms with Gasteiger partial charge in [-0.3, -0.25) is 9.88 Å². The Balaban J connectivity index is 0.000000384. The first kappa shape index (κ1) is 26.0. The lowest BCUT2D eigenvalue weighted by atomic mass is 10.0. The second-order valence-corrected chi connectivity index (χ2v) is 9.31. The highest BCUT2D eigenvalue weighted by Gasteiger charge is 2.38. The van der Waals surface area contributed by atoms with Gasteiger partial charge in [0.15, 0.2) is 0 Å². The molecular weight excluding hydrogens is 493 g/mol. The van der Waals surface area contributed by atoms with Crippen molar-refractivity contribution in [3.8, 4) is 0 Å². The van der Waals surface area contributed by atoms with Crippen LogP contribution < -0.4 is 9.80 Å². The van der Waals surface area contributed by atoms with Crippen LogP contribution in [0, 0.1) is 0 Å². The number of pyridine rings is 1. The molecule has 3 heterocycles.